The first-order valence-electron chi connectivity index (χ1n) is 13.5. The summed E-state index contributed by atoms with van der Waals surface area (Å²) in [6.07, 6.45) is 3.02. The number of thiazole rings is 1. The zero-order valence-corrected chi connectivity index (χ0v) is 24.4. The number of nitrogens with zero attached hydrogens (tertiary/aromatic N) is 4. The van der Waals surface area contributed by atoms with Gasteiger partial charge in [0.15, 0.2) is 0 Å². The maximum absolute atomic E-state index is 13.5. The number of hydrogen-bond acceptors (Lipinski definition) is 8. The van der Waals surface area contributed by atoms with Crippen LogP contribution in [0.25, 0.3) is 10.2 Å². The number of pyridine rings is 1. The second kappa shape index (κ2) is 10.8. The monoisotopic (exact) mass is 564 g/mol. The van der Waals surface area contributed by atoms with Gasteiger partial charge >= 0.3 is 11.8 Å². The van der Waals surface area contributed by atoms with Gasteiger partial charge in [0.05, 0.1) is 40.3 Å². The number of rotatable bonds is 5. The molecule has 2 aromatic heterocycles. The molecule has 3 N–H and O–H groups in total. The van der Waals surface area contributed by atoms with Crippen molar-refractivity contribution >= 4 is 45.0 Å². The summed E-state index contributed by atoms with van der Waals surface area (Å²) in [4.78, 5) is 51.4. The summed E-state index contributed by atoms with van der Waals surface area (Å²) in [6, 6.07) is 7.33. The number of methoxy groups -OCH3 is 1. The summed E-state index contributed by atoms with van der Waals surface area (Å²) in [5.41, 5.74) is 7.67. The highest BCUT2D eigenvalue weighted by Gasteiger charge is 2.40. The van der Waals surface area contributed by atoms with Crippen molar-refractivity contribution in [2.24, 2.45) is 17.1 Å². The molecular weight excluding hydrogens is 528 g/mol. The summed E-state index contributed by atoms with van der Waals surface area (Å²) < 4.78 is 6.18. The number of carbonyl (C=O) groups excluding carboxylic acids is 3. The highest BCUT2D eigenvalue weighted by atomic mass is 32.1. The Balaban J connectivity index is 1.38. The van der Waals surface area contributed by atoms with E-state index in [9.17, 15) is 14.4 Å². The minimum Gasteiger partial charge on any atom is -0.480 e. The van der Waals surface area contributed by atoms with Gasteiger partial charge in [-0.2, -0.15) is 0 Å². The number of likely N-dealkylation sites (tertiary alicyclic amines) is 2. The molecule has 1 unspecified atom stereocenters. The standard InChI is InChI=1S/C29H36N6O4S/c1-16-6-8-22(17-7-9-23-21(10-17)33-27(40-23)20-14-34(4)15-29(20,2)3)35(13-16)28(38)25(37)32-18-11-19(24(30)36)26(39-5)31-12-18/h7,9-12,16,20,22H,6,8,13-15H2,1-5H3,(H2,30,36)(H,32,37)/t16-,20?,22+/m0/s1. The van der Waals surface area contributed by atoms with Crippen molar-refractivity contribution in [3.05, 3.63) is 46.6 Å². The minimum absolute atomic E-state index is 0.0146. The molecule has 3 amide bonds. The summed E-state index contributed by atoms with van der Waals surface area (Å²) in [5.74, 6) is -1.51. The van der Waals surface area contributed by atoms with E-state index in [1.807, 2.05) is 0 Å². The van der Waals surface area contributed by atoms with E-state index in [1.54, 1.807) is 16.2 Å². The van der Waals surface area contributed by atoms with E-state index in [2.05, 4.69) is 61.2 Å². The molecule has 0 bridgehead atoms. The predicted octanol–water partition coefficient (Wildman–Crippen LogP) is 3.79. The van der Waals surface area contributed by atoms with Crippen LogP contribution >= 0.6 is 11.3 Å². The third kappa shape index (κ3) is 5.40. The Kier molecular flexibility index (Phi) is 7.54. The van der Waals surface area contributed by atoms with Gasteiger partial charge < -0.3 is 25.6 Å². The SMILES string of the molecule is COc1ncc(NC(=O)C(=O)N2C[C@@H](C)CC[C@@H]2c2ccc3sc(C4CN(C)CC4(C)C)nc3c2)cc1C(N)=O. The zero-order valence-electron chi connectivity index (χ0n) is 23.6. The highest BCUT2D eigenvalue weighted by Crippen LogP contribution is 2.44. The van der Waals surface area contributed by atoms with Crippen molar-refractivity contribution in [3.63, 3.8) is 0 Å². The maximum atomic E-state index is 13.5. The molecule has 0 aliphatic carbocycles. The van der Waals surface area contributed by atoms with Crippen LogP contribution in [0.1, 0.15) is 66.5 Å². The van der Waals surface area contributed by atoms with E-state index in [0.717, 1.165) is 46.7 Å². The van der Waals surface area contributed by atoms with Crippen LogP contribution in [0.5, 0.6) is 5.88 Å². The fraction of sp³-hybridized carbons (Fsp3) is 0.483. The molecule has 1 aromatic carbocycles. The third-order valence-corrected chi connectivity index (χ3v) is 9.22. The summed E-state index contributed by atoms with van der Waals surface area (Å²) in [7, 11) is 3.52. The number of aromatic nitrogens is 2. The number of likely N-dealkylation sites (N-methyl/N-ethyl adjacent to an activating group) is 1. The van der Waals surface area contributed by atoms with Crippen molar-refractivity contribution < 1.29 is 19.1 Å². The average molecular weight is 565 g/mol. The van der Waals surface area contributed by atoms with Gasteiger partial charge in [-0.3, -0.25) is 14.4 Å². The fourth-order valence-corrected chi connectivity index (χ4v) is 7.31. The predicted molar refractivity (Wildman–Crippen MR) is 154 cm³/mol. The molecule has 4 heterocycles. The maximum Gasteiger partial charge on any atom is 0.313 e. The molecule has 2 aliphatic heterocycles. The van der Waals surface area contributed by atoms with E-state index < -0.39 is 17.7 Å². The number of benzene rings is 1. The lowest BCUT2D eigenvalue weighted by Crippen LogP contribution is -2.46. The number of piperidine rings is 1. The average Bonchev–Trinajstić information content (AvgIpc) is 3.45. The molecule has 3 atom stereocenters. The Morgan fingerprint density at radius 2 is 1.95 bits per heavy atom. The van der Waals surface area contributed by atoms with Crippen LogP contribution in [0, 0.1) is 11.3 Å². The van der Waals surface area contributed by atoms with Gasteiger partial charge in [0.2, 0.25) is 5.88 Å². The van der Waals surface area contributed by atoms with Crippen molar-refractivity contribution in [1.29, 1.82) is 0 Å². The lowest BCUT2D eigenvalue weighted by Gasteiger charge is -2.38. The Morgan fingerprint density at radius 1 is 1.18 bits per heavy atom. The number of anilines is 1. The Morgan fingerprint density at radius 3 is 2.62 bits per heavy atom. The van der Waals surface area contributed by atoms with Gasteiger partial charge in [0, 0.05) is 25.6 Å². The molecule has 0 radical (unpaired) electrons. The van der Waals surface area contributed by atoms with Crippen LogP contribution < -0.4 is 15.8 Å². The molecular formula is C29H36N6O4S. The highest BCUT2D eigenvalue weighted by molar-refractivity contribution is 7.18. The first-order chi connectivity index (χ1) is 19.0. The Bertz CT molecular complexity index is 1470. The molecule has 3 aromatic rings. The smallest absolute Gasteiger partial charge is 0.313 e. The second-order valence-electron chi connectivity index (χ2n) is 11.8. The molecule has 5 rings (SSSR count). The quantitative estimate of drug-likeness (QED) is 0.451. The van der Waals surface area contributed by atoms with Crippen molar-refractivity contribution in [2.45, 2.75) is 45.6 Å². The number of hydrogen-bond donors (Lipinski definition) is 2. The van der Waals surface area contributed by atoms with E-state index >= 15 is 0 Å². The fourth-order valence-electron chi connectivity index (χ4n) is 6.06. The van der Waals surface area contributed by atoms with Gasteiger partial charge in [-0.1, -0.05) is 26.8 Å². The molecule has 40 heavy (non-hydrogen) atoms. The molecule has 0 spiro atoms. The molecule has 11 heteroatoms. The van der Waals surface area contributed by atoms with Crippen LogP contribution in [-0.4, -0.2) is 71.3 Å². The zero-order chi connectivity index (χ0) is 28.8. The van der Waals surface area contributed by atoms with E-state index in [-0.39, 0.29) is 34.5 Å². The number of nitrogens with two attached hydrogens (primary N) is 1. The lowest BCUT2D eigenvalue weighted by molar-refractivity contribution is -0.146. The van der Waals surface area contributed by atoms with Gasteiger partial charge in [-0.25, -0.2) is 9.97 Å². The van der Waals surface area contributed by atoms with Gasteiger partial charge in [0.1, 0.15) is 5.56 Å². The molecule has 0 saturated carbocycles. The normalized spacial score (nSPS) is 22.8. The van der Waals surface area contributed by atoms with Crippen LogP contribution in [0.4, 0.5) is 5.69 Å². The number of amides is 3. The van der Waals surface area contributed by atoms with Gasteiger partial charge in [-0.15, -0.1) is 11.3 Å². The summed E-state index contributed by atoms with van der Waals surface area (Å²) in [5, 5.41) is 3.72. The second-order valence-corrected chi connectivity index (χ2v) is 12.8. The first kappa shape index (κ1) is 28.0. The van der Waals surface area contributed by atoms with Gasteiger partial charge in [0.25, 0.3) is 5.91 Å². The Hall–Kier alpha value is -3.57. The van der Waals surface area contributed by atoms with Crippen molar-refractivity contribution in [2.75, 3.05) is 39.1 Å². The number of primary amides is 1. The van der Waals surface area contributed by atoms with Crippen molar-refractivity contribution in [3.8, 4) is 5.88 Å². The molecule has 10 nitrogen and oxygen atoms in total. The number of nitrogens with one attached hydrogen (secondary N) is 1. The topological polar surface area (TPSA) is 131 Å². The largest absolute Gasteiger partial charge is 0.480 e. The van der Waals surface area contributed by atoms with E-state index in [1.165, 1.54) is 19.4 Å². The van der Waals surface area contributed by atoms with Crippen molar-refractivity contribution in [1.82, 2.24) is 19.8 Å². The number of carbonyl (C=O) groups is 3. The summed E-state index contributed by atoms with van der Waals surface area (Å²) in [6.45, 7) is 9.17. The van der Waals surface area contributed by atoms with Gasteiger partial charge in [-0.05, 0) is 55.0 Å². The Labute approximate surface area is 237 Å². The van der Waals surface area contributed by atoms with Crippen LogP contribution in [0.2, 0.25) is 0 Å². The minimum atomic E-state index is -0.800. The number of ether oxygens (including phenoxy) is 1. The molecule has 2 fully saturated rings. The van der Waals surface area contributed by atoms with Crippen LogP contribution in [-0.2, 0) is 9.59 Å². The molecule has 2 aliphatic rings. The summed E-state index contributed by atoms with van der Waals surface area (Å²) >= 11 is 1.74. The lowest BCUT2D eigenvalue weighted by atomic mass is 9.82. The third-order valence-electron chi connectivity index (χ3n) is 8.07. The van der Waals surface area contributed by atoms with E-state index in [4.69, 9.17) is 15.5 Å². The van der Waals surface area contributed by atoms with E-state index in [0.29, 0.717) is 12.5 Å². The van der Waals surface area contributed by atoms with Crippen LogP contribution in [0.3, 0.4) is 0 Å². The molecule has 2 saturated heterocycles. The van der Waals surface area contributed by atoms with Crippen LogP contribution in [0.15, 0.2) is 30.5 Å². The first-order valence-corrected chi connectivity index (χ1v) is 14.3. The molecule has 212 valence electrons. The number of fused-ring (bicyclic) bond motifs is 1.